The van der Waals surface area contributed by atoms with Gasteiger partial charge in [-0.3, -0.25) is 4.79 Å². The maximum atomic E-state index is 12.7. The number of benzene rings is 2. The van der Waals surface area contributed by atoms with Gasteiger partial charge < -0.3 is 9.73 Å². The minimum absolute atomic E-state index is 0.0169. The predicted molar refractivity (Wildman–Crippen MR) is 112 cm³/mol. The number of nitrogens with one attached hydrogen (secondary N) is 2. The van der Waals surface area contributed by atoms with Crippen LogP contribution >= 0.6 is 0 Å². The Morgan fingerprint density at radius 1 is 1.00 bits per heavy atom. The van der Waals surface area contributed by atoms with Crippen LogP contribution in [0.2, 0.25) is 0 Å². The molecule has 0 spiro atoms. The summed E-state index contributed by atoms with van der Waals surface area (Å²) < 4.78 is 70.3. The molecule has 0 aliphatic carbocycles. The molecule has 2 N–H and O–H groups in total. The molecule has 6 nitrogen and oxygen atoms in total. The van der Waals surface area contributed by atoms with Crippen LogP contribution < -0.4 is 10.0 Å². The van der Waals surface area contributed by atoms with Crippen molar-refractivity contribution in [3.05, 3.63) is 95.5 Å². The van der Waals surface area contributed by atoms with Gasteiger partial charge in [-0.2, -0.15) is 13.2 Å². The average Bonchev–Trinajstić information content (AvgIpc) is 3.29. The zero-order valence-corrected chi connectivity index (χ0v) is 17.4. The van der Waals surface area contributed by atoms with E-state index in [0.29, 0.717) is 16.9 Å². The van der Waals surface area contributed by atoms with Gasteiger partial charge in [-0.25, -0.2) is 13.1 Å². The maximum absolute atomic E-state index is 12.7. The van der Waals surface area contributed by atoms with Crippen LogP contribution in [-0.4, -0.2) is 14.3 Å². The summed E-state index contributed by atoms with van der Waals surface area (Å²) in [5.41, 5.74) is 0.107. The van der Waals surface area contributed by atoms with Crippen molar-refractivity contribution in [1.29, 1.82) is 0 Å². The summed E-state index contributed by atoms with van der Waals surface area (Å²) >= 11 is 0. The van der Waals surface area contributed by atoms with E-state index < -0.39 is 27.7 Å². The number of hydrogen-bond donors (Lipinski definition) is 2. The number of furan rings is 1. The molecule has 0 radical (unpaired) electrons. The van der Waals surface area contributed by atoms with E-state index in [1.807, 2.05) is 0 Å². The number of sulfonamides is 1. The van der Waals surface area contributed by atoms with E-state index >= 15 is 0 Å². The predicted octanol–water partition coefficient (Wildman–Crippen LogP) is 4.11. The molecule has 0 bridgehead atoms. The number of amides is 1. The first-order chi connectivity index (χ1) is 15.1. The van der Waals surface area contributed by atoms with Crippen LogP contribution in [0.3, 0.4) is 0 Å². The fourth-order valence-electron chi connectivity index (χ4n) is 2.70. The summed E-state index contributed by atoms with van der Waals surface area (Å²) in [6.45, 7) is -0.0470. The molecular formula is C22H19F3N2O4S. The van der Waals surface area contributed by atoms with E-state index in [0.717, 1.165) is 12.1 Å². The Kier molecular flexibility index (Phi) is 7.16. The monoisotopic (exact) mass is 464 g/mol. The smallest absolute Gasteiger partial charge is 0.416 e. The lowest BCUT2D eigenvalue weighted by Crippen LogP contribution is -2.22. The molecule has 1 amide bonds. The van der Waals surface area contributed by atoms with Crippen molar-refractivity contribution >= 4 is 22.0 Å². The Morgan fingerprint density at radius 3 is 2.41 bits per heavy atom. The van der Waals surface area contributed by atoms with Crippen molar-refractivity contribution in [3.8, 4) is 0 Å². The molecule has 1 aromatic heterocycles. The lowest BCUT2D eigenvalue weighted by Gasteiger charge is -2.09. The van der Waals surface area contributed by atoms with E-state index in [4.69, 9.17) is 4.42 Å². The van der Waals surface area contributed by atoms with Crippen molar-refractivity contribution in [3.63, 3.8) is 0 Å². The summed E-state index contributed by atoms with van der Waals surface area (Å²) in [4.78, 5) is 12.0. The third-order valence-electron chi connectivity index (χ3n) is 4.36. The molecule has 0 atom stereocenters. The molecule has 0 saturated carbocycles. The van der Waals surface area contributed by atoms with Crippen LogP contribution in [0.25, 0.3) is 6.08 Å². The van der Waals surface area contributed by atoms with Gasteiger partial charge in [-0.1, -0.05) is 24.3 Å². The SMILES string of the molecule is O=C(/C=C/c1ccc(S(=O)(=O)NCc2ccco2)cc1)NCc1cccc(C(F)(F)F)c1. The molecule has 1 heterocycles. The summed E-state index contributed by atoms with van der Waals surface area (Å²) in [6.07, 6.45) is -0.325. The Hall–Kier alpha value is -3.37. The highest BCUT2D eigenvalue weighted by molar-refractivity contribution is 7.89. The number of rotatable bonds is 8. The number of carbonyl (C=O) groups excluding carboxylic acids is 1. The quantitative estimate of drug-likeness (QED) is 0.491. The molecule has 0 aliphatic heterocycles. The lowest BCUT2D eigenvalue weighted by molar-refractivity contribution is -0.137. The molecule has 0 unspecified atom stereocenters. The van der Waals surface area contributed by atoms with Gasteiger partial charge >= 0.3 is 6.18 Å². The number of carbonyl (C=O) groups is 1. The molecular weight excluding hydrogens is 445 g/mol. The van der Waals surface area contributed by atoms with E-state index in [-0.39, 0.29) is 18.0 Å². The lowest BCUT2D eigenvalue weighted by atomic mass is 10.1. The van der Waals surface area contributed by atoms with Crippen LogP contribution in [0.5, 0.6) is 0 Å². The Labute approximate surface area is 182 Å². The van der Waals surface area contributed by atoms with Crippen molar-refractivity contribution < 1.29 is 30.8 Å². The summed E-state index contributed by atoms with van der Waals surface area (Å²) in [7, 11) is -3.73. The fraction of sp³-hybridized carbons (Fsp3) is 0.136. The minimum Gasteiger partial charge on any atom is -0.468 e. The standard InChI is InChI=1S/C22H19F3N2O4S/c23-22(24,25)18-4-1-3-17(13-18)14-26-21(28)11-8-16-6-9-20(10-7-16)32(29,30)27-15-19-5-2-12-31-19/h1-13,27H,14-15H2,(H,26,28)/b11-8+. The maximum Gasteiger partial charge on any atom is 0.416 e. The van der Waals surface area contributed by atoms with Crippen molar-refractivity contribution in [1.82, 2.24) is 10.0 Å². The molecule has 32 heavy (non-hydrogen) atoms. The van der Waals surface area contributed by atoms with Gasteiger partial charge in [0.05, 0.1) is 23.3 Å². The summed E-state index contributed by atoms with van der Waals surface area (Å²) in [5, 5.41) is 2.51. The third kappa shape index (κ3) is 6.56. The van der Waals surface area contributed by atoms with Gasteiger partial charge in [-0.15, -0.1) is 0 Å². The van der Waals surface area contributed by atoms with Crippen molar-refractivity contribution in [2.24, 2.45) is 0 Å². The normalized spacial score (nSPS) is 12.2. The van der Waals surface area contributed by atoms with Gasteiger partial charge in [0.25, 0.3) is 0 Å². The molecule has 0 aliphatic rings. The zero-order valence-electron chi connectivity index (χ0n) is 16.6. The van der Waals surface area contributed by atoms with Crippen LogP contribution in [0.4, 0.5) is 13.2 Å². The summed E-state index contributed by atoms with van der Waals surface area (Å²) in [6, 6.07) is 13.8. The molecule has 0 fully saturated rings. The van der Waals surface area contributed by atoms with E-state index in [1.165, 1.54) is 54.8 Å². The molecule has 0 saturated heterocycles. The highest BCUT2D eigenvalue weighted by Gasteiger charge is 2.30. The topological polar surface area (TPSA) is 88.4 Å². The second kappa shape index (κ2) is 9.84. The van der Waals surface area contributed by atoms with Crippen LogP contribution in [0.1, 0.15) is 22.5 Å². The van der Waals surface area contributed by atoms with Gasteiger partial charge in [0, 0.05) is 12.6 Å². The Bertz CT molecular complexity index is 1190. The minimum atomic E-state index is -4.45. The van der Waals surface area contributed by atoms with E-state index in [1.54, 1.807) is 12.1 Å². The van der Waals surface area contributed by atoms with Gasteiger partial charge in [0.15, 0.2) is 0 Å². The molecule has 2 aromatic carbocycles. The highest BCUT2D eigenvalue weighted by Crippen LogP contribution is 2.29. The first-order valence-electron chi connectivity index (χ1n) is 9.38. The third-order valence-corrected chi connectivity index (χ3v) is 5.77. The second-order valence-electron chi connectivity index (χ2n) is 6.72. The molecule has 10 heteroatoms. The average molecular weight is 464 g/mol. The summed E-state index contributed by atoms with van der Waals surface area (Å²) in [5.74, 6) is -0.0245. The molecule has 168 valence electrons. The van der Waals surface area contributed by atoms with Gasteiger partial charge in [0.2, 0.25) is 15.9 Å². The van der Waals surface area contributed by atoms with Gasteiger partial charge in [-0.05, 0) is 53.6 Å². The molecule has 3 aromatic rings. The first-order valence-corrected chi connectivity index (χ1v) is 10.9. The highest BCUT2D eigenvalue weighted by atomic mass is 32.2. The van der Waals surface area contributed by atoms with Crippen LogP contribution in [0.15, 0.2) is 82.3 Å². The number of halogens is 3. The zero-order chi connectivity index (χ0) is 23.2. The fourth-order valence-corrected chi connectivity index (χ4v) is 3.69. The van der Waals surface area contributed by atoms with Crippen LogP contribution in [-0.2, 0) is 34.1 Å². The Morgan fingerprint density at radius 2 is 1.75 bits per heavy atom. The van der Waals surface area contributed by atoms with E-state index in [2.05, 4.69) is 10.0 Å². The first kappa shape index (κ1) is 23.3. The van der Waals surface area contributed by atoms with Gasteiger partial charge in [0.1, 0.15) is 5.76 Å². The largest absolute Gasteiger partial charge is 0.468 e. The van der Waals surface area contributed by atoms with E-state index in [9.17, 15) is 26.4 Å². The van der Waals surface area contributed by atoms with Crippen molar-refractivity contribution in [2.45, 2.75) is 24.2 Å². The van der Waals surface area contributed by atoms with Crippen LogP contribution in [0, 0.1) is 0 Å². The number of hydrogen-bond acceptors (Lipinski definition) is 4. The van der Waals surface area contributed by atoms with Crippen molar-refractivity contribution in [2.75, 3.05) is 0 Å². The number of alkyl halides is 3. The second-order valence-corrected chi connectivity index (χ2v) is 8.49. The Balaban J connectivity index is 1.54. The molecule has 3 rings (SSSR count).